The van der Waals surface area contributed by atoms with Gasteiger partial charge in [0.25, 0.3) is 0 Å². The molecule has 0 N–H and O–H groups in total. The zero-order valence-electron chi connectivity index (χ0n) is 10.9. The second kappa shape index (κ2) is 4.30. The molecule has 0 radical (unpaired) electrons. The van der Waals surface area contributed by atoms with Crippen molar-refractivity contribution in [2.24, 2.45) is 0 Å². The second-order valence-electron chi connectivity index (χ2n) is 5.31. The molecule has 0 saturated carbocycles. The number of fused-ring (bicyclic) bond motifs is 5. The first-order chi connectivity index (χ1) is 9.43. The third kappa shape index (κ3) is 1.71. The number of hydrogen-bond donors (Lipinski definition) is 0. The number of nitrogens with zero attached hydrogens (tertiary/aromatic N) is 1. The van der Waals surface area contributed by atoms with Gasteiger partial charge in [-0.15, -0.1) is 0 Å². The van der Waals surface area contributed by atoms with Crippen molar-refractivity contribution < 1.29 is 4.74 Å². The molecule has 2 aromatic rings. The molecule has 1 atom stereocenters. The van der Waals surface area contributed by atoms with Gasteiger partial charge in [0.2, 0.25) is 0 Å². The van der Waals surface area contributed by atoms with E-state index >= 15 is 0 Å². The van der Waals surface area contributed by atoms with Gasteiger partial charge in [0.15, 0.2) is 5.75 Å². The van der Waals surface area contributed by atoms with Crippen LogP contribution in [0.25, 0.3) is 0 Å². The fourth-order valence-corrected chi connectivity index (χ4v) is 3.29. The Morgan fingerprint density at radius 3 is 2.63 bits per heavy atom. The maximum absolute atomic E-state index is 6.15. The summed E-state index contributed by atoms with van der Waals surface area (Å²) in [6, 6.07) is 17.3. The summed E-state index contributed by atoms with van der Waals surface area (Å²) >= 11 is 0. The van der Waals surface area contributed by atoms with E-state index < -0.39 is 0 Å². The molecule has 2 aliphatic rings. The topological polar surface area (TPSA) is 12.5 Å². The Labute approximate surface area is 113 Å². The molecule has 0 bridgehead atoms. The predicted octanol–water partition coefficient (Wildman–Crippen LogP) is 4.52. The number of hydrogen-bond acceptors (Lipinski definition) is 2. The summed E-state index contributed by atoms with van der Waals surface area (Å²) in [7, 11) is 0. The normalized spacial score (nSPS) is 20.6. The van der Waals surface area contributed by atoms with Gasteiger partial charge in [-0.1, -0.05) is 30.3 Å². The largest absolute Gasteiger partial charge is 0.455 e. The molecule has 1 saturated heterocycles. The zero-order valence-corrected chi connectivity index (χ0v) is 10.9. The molecular formula is C17H17NO. The summed E-state index contributed by atoms with van der Waals surface area (Å²) < 4.78 is 6.15. The van der Waals surface area contributed by atoms with E-state index in [1.807, 2.05) is 6.07 Å². The highest BCUT2D eigenvalue weighted by Crippen LogP contribution is 2.46. The van der Waals surface area contributed by atoms with E-state index in [4.69, 9.17) is 4.74 Å². The van der Waals surface area contributed by atoms with Crippen molar-refractivity contribution in [2.45, 2.75) is 25.3 Å². The molecule has 0 aromatic heterocycles. The smallest absolute Gasteiger partial charge is 0.150 e. The Bertz CT molecular complexity index is 554. The predicted molar refractivity (Wildman–Crippen MR) is 76.9 cm³/mol. The van der Waals surface area contributed by atoms with Gasteiger partial charge in [-0.3, -0.25) is 0 Å². The fraction of sp³-hybridized carbons (Fsp3) is 0.294. The van der Waals surface area contributed by atoms with Crippen LogP contribution in [0.5, 0.6) is 11.5 Å². The van der Waals surface area contributed by atoms with Gasteiger partial charge < -0.3 is 9.64 Å². The number of para-hydroxylation sites is 3. The van der Waals surface area contributed by atoms with Crippen molar-refractivity contribution in [2.75, 3.05) is 11.4 Å². The first-order valence-corrected chi connectivity index (χ1v) is 7.06. The molecule has 2 nitrogen and oxygen atoms in total. The number of rotatable bonds is 0. The molecule has 1 unspecified atom stereocenters. The number of benzene rings is 2. The van der Waals surface area contributed by atoms with Gasteiger partial charge in [0.05, 0.1) is 11.7 Å². The monoisotopic (exact) mass is 251 g/mol. The summed E-state index contributed by atoms with van der Waals surface area (Å²) in [4.78, 5) is 2.52. The molecule has 0 amide bonds. The summed E-state index contributed by atoms with van der Waals surface area (Å²) in [6.45, 7) is 1.12. The number of piperidine rings is 1. The lowest BCUT2D eigenvalue weighted by molar-refractivity contribution is 0.465. The van der Waals surface area contributed by atoms with Gasteiger partial charge in [-0.05, 0) is 37.5 Å². The Hall–Kier alpha value is -1.96. The Morgan fingerprint density at radius 2 is 1.68 bits per heavy atom. The molecule has 2 heterocycles. The van der Waals surface area contributed by atoms with Gasteiger partial charge in [0.1, 0.15) is 5.75 Å². The molecule has 96 valence electrons. The van der Waals surface area contributed by atoms with E-state index in [1.165, 1.54) is 30.5 Å². The molecule has 2 aliphatic heterocycles. The Balaban J connectivity index is 1.92. The Morgan fingerprint density at radius 1 is 0.895 bits per heavy atom. The molecule has 0 aliphatic carbocycles. The van der Waals surface area contributed by atoms with Crippen LogP contribution in [0, 0.1) is 0 Å². The summed E-state index contributed by atoms with van der Waals surface area (Å²) in [5.74, 6) is 2.00. The van der Waals surface area contributed by atoms with Crippen molar-refractivity contribution in [1.29, 1.82) is 0 Å². The van der Waals surface area contributed by atoms with E-state index in [0.717, 1.165) is 18.0 Å². The first kappa shape index (κ1) is 10.9. The van der Waals surface area contributed by atoms with Crippen molar-refractivity contribution >= 4 is 5.69 Å². The molecule has 4 rings (SSSR count). The zero-order chi connectivity index (χ0) is 12.7. The summed E-state index contributed by atoms with van der Waals surface area (Å²) in [6.07, 6.45) is 3.79. The molecule has 0 spiro atoms. The van der Waals surface area contributed by atoms with Gasteiger partial charge >= 0.3 is 0 Å². The van der Waals surface area contributed by atoms with Gasteiger partial charge in [-0.25, -0.2) is 0 Å². The third-order valence-corrected chi connectivity index (χ3v) is 4.18. The second-order valence-corrected chi connectivity index (χ2v) is 5.31. The van der Waals surface area contributed by atoms with E-state index in [1.54, 1.807) is 0 Å². The van der Waals surface area contributed by atoms with Gasteiger partial charge in [-0.2, -0.15) is 0 Å². The van der Waals surface area contributed by atoms with Crippen LogP contribution in [0.15, 0.2) is 48.5 Å². The lowest BCUT2D eigenvalue weighted by Gasteiger charge is -2.36. The van der Waals surface area contributed by atoms with Crippen LogP contribution in [-0.2, 0) is 0 Å². The van der Waals surface area contributed by atoms with E-state index in [-0.39, 0.29) is 0 Å². The molecule has 19 heavy (non-hydrogen) atoms. The maximum Gasteiger partial charge on any atom is 0.150 e. The van der Waals surface area contributed by atoms with E-state index in [2.05, 4.69) is 47.4 Å². The number of ether oxygens (including phenoxy) is 1. The van der Waals surface area contributed by atoms with Crippen LogP contribution >= 0.6 is 0 Å². The first-order valence-electron chi connectivity index (χ1n) is 7.06. The minimum Gasteiger partial charge on any atom is -0.455 e. The van der Waals surface area contributed by atoms with Crippen LogP contribution in [0.1, 0.15) is 30.9 Å². The van der Waals surface area contributed by atoms with Crippen molar-refractivity contribution in [3.8, 4) is 11.5 Å². The van der Waals surface area contributed by atoms with Crippen LogP contribution in [-0.4, -0.2) is 6.54 Å². The van der Waals surface area contributed by atoms with Gasteiger partial charge in [0, 0.05) is 12.1 Å². The van der Waals surface area contributed by atoms with Crippen molar-refractivity contribution in [3.63, 3.8) is 0 Å². The standard InChI is InChI=1S/C17H17NO/c1-3-10-16-13(7-1)14-8-5-6-12-18(14)15-9-2-4-11-17(15)19-16/h1-4,7,9-11,14H,5-6,8,12H2. The molecular weight excluding hydrogens is 234 g/mol. The average molecular weight is 251 g/mol. The molecule has 2 aromatic carbocycles. The van der Waals surface area contributed by atoms with Crippen LogP contribution in [0.2, 0.25) is 0 Å². The SMILES string of the molecule is c1ccc2c(c1)Oc1ccccc1N1CCCCC21. The summed E-state index contributed by atoms with van der Waals surface area (Å²) in [5.41, 5.74) is 2.57. The lowest BCUT2D eigenvalue weighted by Crippen LogP contribution is -2.32. The third-order valence-electron chi connectivity index (χ3n) is 4.18. The molecule has 1 fully saturated rings. The average Bonchev–Trinajstić information content (AvgIpc) is 2.62. The maximum atomic E-state index is 6.15. The number of anilines is 1. The minimum atomic E-state index is 0.466. The van der Waals surface area contributed by atoms with Crippen LogP contribution in [0.4, 0.5) is 5.69 Å². The minimum absolute atomic E-state index is 0.466. The highest BCUT2D eigenvalue weighted by molar-refractivity contribution is 5.64. The Kier molecular flexibility index (Phi) is 2.47. The van der Waals surface area contributed by atoms with E-state index in [9.17, 15) is 0 Å². The highest BCUT2D eigenvalue weighted by atomic mass is 16.5. The summed E-state index contributed by atoms with van der Waals surface area (Å²) in [5, 5.41) is 0. The fourth-order valence-electron chi connectivity index (χ4n) is 3.29. The van der Waals surface area contributed by atoms with Crippen molar-refractivity contribution in [1.82, 2.24) is 0 Å². The quantitative estimate of drug-likeness (QED) is 0.682. The van der Waals surface area contributed by atoms with Crippen LogP contribution < -0.4 is 9.64 Å². The lowest BCUT2D eigenvalue weighted by atomic mass is 9.94. The molecule has 2 heteroatoms. The van der Waals surface area contributed by atoms with Crippen molar-refractivity contribution in [3.05, 3.63) is 54.1 Å². The highest BCUT2D eigenvalue weighted by Gasteiger charge is 2.31. The van der Waals surface area contributed by atoms with Crippen LogP contribution in [0.3, 0.4) is 0 Å². The van der Waals surface area contributed by atoms with E-state index in [0.29, 0.717) is 6.04 Å².